The molecule has 0 aromatic carbocycles. The van der Waals surface area contributed by atoms with Crippen LogP contribution in [0.2, 0.25) is 0 Å². The van der Waals surface area contributed by atoms with Gasteiger partial charge in [-0.2, -0.15) is 16.8 Å². The molecule has 0 heterocycles. The molecule has 0 atom stereocenters. The first-order valence-electron chi connectivity index (χ1n) is 5.37. The van der Waals surface area contributed by atoms with Gasteiger partial charge >= 0.3 is 11.9 Å². The lowest BCUT2D eigenvalue weighted by molar-refractivity contribution is -0.138. The lowest BCUT2D eigenvalue weighted by Crippen LogP contribution is -2.24. The molecule has 21 heavy (non-hydrogen) atoms. The summed E-state index contributed by atoms with van der Waals surface area (Å²) in [6, 6.07) is 0. The van der Waals surface area contributed by atoms with Crippen LogP contribution in [0.5, 0.6) is 0 Å². The fraction of sp³-hybridized carbons (Fsp3) is 0.400. The Balaban J connectivity index is 4.35. The van der Waals surface area contributed by atoms with E-state index in [1.165, 1.54) is 0 Å². The van der Waals surface area contributed by atoms with Crippen LogP contribution in [0.1, 0.15) is 0 Å². The van der Waals surface area contributed by atoms with E-state index in [2.05, 4.69) is 26.3 Å². The summed E-state index contributed by atoms with van der Waals surface area (Å²) >= 11 is 0. The van der Waals surface area contributed by atoms with Gasteiger partial charge in [-0.3, -0.25) is 0 Å². The van der Waals surface area contributed by atoms with Crippen LogP contribution < -0.4 is 0 Å². The van der Waals surface area contributed by atoms with E-state index in [1.807, 2.05) is 0 Å². The van der Waals surface area contributed by atoms with E-state index in [0.717, 1.165) is 12.2 Å². The van der Waals surface area contributed by atoms with E-state index in [1.54, 1.807) is 0 Å². The fourth-order valence-electron chi connectivity index (χ4n) is 0.832. The van der Waals surface area contributed by atoms with Gasteiger partial charge in [0.2, 0.25) is 0 Å². The smallest absolute Gasteiger partial charge is 0.330 e. The highest BCUT2D eigenvalue weighted by Gasteiger charge is 2.23. The van der Waals surface area contributed by atoms with Crippen LogP contribution in [0.3, 0.4) is 0 Å². The van der Waals surface area contributed by atoms with Crippen LogP contribution in [0.4, 0.5) is 0 Å². The lowest BCUT2D eigenvalue weighted by atomic mass is 10.6. The minimum Gasteiger partial charge on any atom is -0.461 e. The maximum atomic E-state index is 11.3. The van der Waals surface area contributed by atoms with Crippen LogP contribution in [0.15, 0.2) is 25.3 Å². The molecule has 0 saturated carbocycles. The Morgan fingerprint density at radius 2 is 1.14 bits per heavy atom. The first-order valence-corrected chi connectivity index (χ1v) is 8.52. The quantitative estimate of drug-likeness (QED) is 0.367. The van der Waals surface area contributed by atoms with Gasteiger partial charge in [0.25, 0.3) is 20.2 Å². The molecule has 0 aliphatic carbocycles. The standard InChI is InChI=1S/C10H14O9S2/c1-3-9(11)17-5-7-20(13,14)19-21(15,16)8-6-18-10(12)4-2/h3-4H,1-2,5-8H2. The van der Waals surface area contributed by atoms with Crippen LogP contribution in [-0.2, 0) is 42.9 Å². The van der Waals surface area contributed by atoms with Crippen LogP contribution in [0.25, 0.3) is 0 Å². The van der Waals surface area contributed by atoms with Crippen LogP contribution >= 0.6 is 0 Å². The van der Waals surface area contributed by atoms with Gasteiger partial charge in [-0.15, -0.1) is 3.63 Å². The third-order valence-electron chi connectivity index (χ3n) is 1.70. The molecule has 120 valence electrons. The molecule has 0 aromatic rings. The zero-order valence-corrected chi connectivity index (χ0v) is 12.5. The average Bonchev–Trinajstić information content (AvgIpc) is 2.36. The van der Waals surface area contributed by atoms with Crippen molar-refractivity contribution >= 4 is 32.2 Å². The van der Waals surface area contributed by atoms with Crippen molar-refractivity contribution in [1.82, 2.24) is 0 Å². The normalized spacial score (nSPS) is 11.4. The molecule has 9 nitrogen and oxygen atoms in total. The number of rotatable bonds is 10. The van der Waals surface area contributed by atoms with Gasteiger partial charge < -0.3 is 9.47 Å². The minimum atomic E-state index is -4.46. The third kappa shape index (κ3) is 9.76. The molecule has 0 fully saturated rings. The van der Waals surface area contributed by atoms with Gasteiger partial charge in [-0.25, -0.2) is 9.59 Å². The number of hydrogen-bond donors (Lipinski definition) is 0. The van der Waals surface area contributed by atoms with Crippen molar-refractivity contribution in [1.29, 1.82) is 0 Å². The molecule has 11 heteroatoms. The summed E-state index contributed by atoms with van der Waals surface area (Å²) in [6.45, 7) is 5.00. The van der Waals surface area contributed by atoms with Crippen molar-refractivity contribution in [3.05, 3.63) is 25.3 Å². The predicted molar refractivity (Wildman–Crippen MR) is 71.0 cm³/mol. The largest absolute Gasteiger partial charge is 0.461 e. The van der Waals surface area contributed by atoms with Crippen molar-refractivity contribution < 1.29 is 39.5 Å². The molecule has 0 saturated heterocycles. The predicted octanol–water partition coefficient (Wildman–Crippen LogP) is -0.879. The summed E-state index contributed by atoms with van der Waals surface area (Å²) in [5, 5.41) is 0. The maximum absolute atomic E-state index is 11.3. The first kappa shape index (κ1) is 19.3. The highest BCUT2D eigenvalue weighted by molar-refractivity contribution is 7.99. The van der Waals surface area contributed by atoms with Gasteiger partial charge in [0.15, 0.2) is 0 Å². The number of ether oxygens (including phenoxy) is 2. The van der Waals surface area contributed by atoms with Crippen LogP contribution in [0, 0.1) is 0 Å². The van der Waals surface area contributed by atoms with Gasteiger partial charge in [-0.05, 0) is 0 Å². The second kappa shape index (κ2) is 8.54. The topological polar surface area (TPSA) is 130 Å². The first-order chi connectivity index (χ1) is 9.62. The number of carbonyl (C=O) groups is 2. The van der Waals surface area contributed by atoms with E-state index in [-0.39, 0.29) is 0 Å². The molecule has 0 amide bonds. The van der Waals surface area contributed by atoms with Crippen molar-refractivity contribution in [2.45, 2.75) is 0 Å². The van der Waals surface area contributed by atoms with Gasteiger partial charge in [0.05, 0.1) is 0 Å². The SMILES string of the molecule is C=CC(=O)OCCS(=O)(=O)OS(=O)(=O)CCOC(=O)C=C. The zero-order chi connectivity index (χ0) is 16.5. The summed E-state index contributed by atoms with van der Waals surface area (Å²) in [6.07, 6.45) is 1.64. The molecular weight excluding hydrogens is 328 g/mol. The second-order valence-corrected chi connectivity index (χ2v) is 6.93. The summed E-state index contributed by atoms with van der Waals surface area (Å²) in [5.41, 5.74) is 0. The monoisotopic (exact) mass is 342 g/mol. The molecule has 0 rings (SSSR count). The molecule has 0 N–H and O–H groups in total. The Kier molecular flexibility index (Phi) is 7.84. The van der Waals surface area contributed by atoms with Gasteiger partial charge in [-0.1, -0.05) is 13.2 Å². The van der Waals surface area contributed by atoms with Crippen molar-refractivity contribution in [3.63, 3.8) is 0 Å². The van der Waals surface area contributed by atoms with Crippen molar-refractivity contribution in [2.24, 2.45) is 0 Å². The van der Waals surface area contributed by atoms with E-state index in [9.17, 15) is 26.4 Å². The zero-order valence-electron chi connectivity index (χ0n) is 10.9. The Morgan fingerprint density at radius 3 is 1.43 bits per heavy atom. The Labute approximate surface area is 122 Å². The van der Waals surface area contributed by atoms with Gasteiger partial charge in [0, 0.05) is 12.2 Å². The van der Waals surface area contributed by atoms with E-state index in [4.69, 9.17) is 0 Å². The number of carbonyl (C=O) groups excluding carboxylic acids is 2. The molecule has 0 spiro atoms. The molecule has 0 unspecified atom stereocenters. The summed E-state index contributed by atoms with van der Waals surface area (Å²) in [4.78, 5) is 21.3. The van der Waals surface area contributed by atoms with E-state index < -0.39 is 56.9 Å². The third-order valence-corrected chi connectivity index (χ3v) is 4.69. The van der Waals surface area contributed by atoms with Gasteiger partial charge in [0.1, 0.15) is 24.7 Å². The van der Waals surface area contributed by atoms with E-state index in [0.29, 0.717) is 0 Å². The van der Waals surface area contributed by atoms with E-state index >= 15 is 0 Å². The molecule has 0 aliphatic rings. The molecule has 0 aromatic heterocycles. The summed E-state index contributed by atoms with van der Waals surface area (Å²) < 4.78 is 58.0. The highest BCUT2D eigenvalue weighted by atomic mass is 32.3. The molecule has 0 radical (unpaired) electrons. The van der Waals surface area contributed by atoms with Crippen molar-refractivity contribution in [3.8, 4) is 0 Å². The fourth-order valence-corrected chi connectivity index (χ4v) is 3.22. The Morgan fingerprint density at radius 1 is 0.810 bits per heavy atom. The molecule has 0 bridgehead atoms. The number of hydrogen-bond acceptors (Lipinski definition) is 9. The molecule has 0 aliphatic heterocycles. The summed E-state index contributed by atoms with van der Waals surface area (Å²) in [7, 11) is -8.92. The average molecular weight is 342 g/mol. The Hall–Kier alpha value is -1.72. The second-order valence-electron chi connectivity index (χ2n) is 3.33. The Bertz CT molecular complexity index is 546. The van der Waals surface area contributed by atoms with Crippen molar-refractivity contribution in [2.75, 3.05) is 24.7 Å². The maximum Gasteiger partial charge on any atom is 0.330 e. The lowest BCUT2D eigenvalue weighted by Gasteiger charge is -2.06. The minimum absolute atomic E-state index is 0.589. The highest BCUT2D eigenvalue weighted by Crippen LogP contribution is 2.03. The number of esters is 2. The van der Waals surface area contributed by atoms with Crippen LogP contribution in [-0.4, -0.2) is 53.5 Å². The molecular formula is C10H14O9S2. The summed E-state index contributed by atoms with van der Waals surface area (Å²) in [5.74, 6) is -3.41.